The number of hydrogen-bond donors (Lipinski definition) is 1. The first-order chi connectivity index (χ1) is 5.29. The molecule has 2 aromatic heterocycles. The standard InChI is InChI=1S/C8H7ClN2/c1-5-4-11-8-7(5)6(9)2-3-10-8/h2-4H,1H3,(H,10,11). The smallest absolute Gasteiger partial charge is 0.138 e. The third-order valence-corrected chi connectivity index (χ3v) is 2.03. The molecule has 0 aliphatic carbocycles. The molecule has 2 heterocycles. The van der Waals surface area contributed by atoms with Gasteiger partial charge in [0, 0.05) is 17.8 Å². The highest BCUT2D eigenvalue weighted by Gasteiger charge is 2.02. The van der Waals surface area contributed by atoms with Crippen LogP contribution in [-0.4, -0.2) is 9.97 Å². The molecular weight excluding hydrogens is 160 g/mol. The van der Waals surface area contributed by atoms with Crippen LogP contribution >= 0.6 is 11.6 Å². The molecule has 0 bridgehead atoms. The lowest BCUT2D eigenvalue weighted by Gasteiger charge is -1.92. The van der Waals surface area contributed by atoms with Crippen LogP contribution in [0.25, 0.3) is 11.0 Å². The van der Waals surface area contributed by atoms with Crippen LogP contribution in [0.2, 0.25) is 5.02 Å². The van der Waals surface area contributed by atoms with Gasteiger partial charge >= 0.3 is 0 Å². The minimum Gasteiger partial charge on any atom is -0.346 e. The predicted molar refractivity (Wildman–Crippen MR) is 45.8 cm³/mol. The number of H-pyrrole nitrogens is 1. The van der Waals surface area contributed by atoms with E-state index in [0.29, 0.717) is 0 Å². The van der Waals surface area contributed by atoms with Gasteiger partial charge in [0.25, 0.3) is 0 Å². The molecule has 0 atom stereocenters. The van der Waals surface area contributed by atoms with Crippen LogP contribution in [0.3, 0.4) is 0 Å². The molecule has 2 aromatic rings. The fraction of sp³-hybridized carbons (Fsp3) is 0.125. The lowest BCUT2D eigenvalue weighted by molar-refractivity contribution is 1.32. The van der Waals surface area contributed by atoms with Gasteiger partial charge in [0.2, 0.25) is 0 Å². The lowest BCUT2D eigenvalue weighted by Crippen LogP contribution is -1.75. The number of aromatic amines is 1. The van der Waals surface area contributed by atoms with E-state index in [1.165, 1.54) is 0 Å². The summed E-state index contributed by atoms with van der Waals surface area (Å²) in [4.78, 5) is 7.16. The first kappa shape index (κ1) is 6.68. The van der Waals surface area contributed by atoms with Crippen molar-refractivity contribution in [3.63, 3.8) is 0 Å². The van der Waals surface area contributed by atoms with Gasteiger partial charge in [-0.2, -0.15) is 0 Å². The van der Waals surface area contributed by atoms with E-state index < -0.39 is 0 Å². The molecule has 0 saturated carbocycles. The van der Waals surface area contributed by atoms with E-state index in [1.807, 2.05) is 13.1 Å². The number of nitrogens with one attached hydrogen (secondary N) is 1. The highest BCUT2D eigenvalue weighted by Crippen LogP contribution is 2.23. The van der Waals surface area contributed by atoms with Gasteiger partial charge in [-0.05, 0) is 18.6 Å². The van der Waals surface area contributed by atoms with E-state index in [1.54, 1.807) is 12.3 Å². The Morgan fingerprint density at radius 1 is 1.55 bits per heavy atom. The normalized spacial score (nSPS) is 10.7. The van der Waals surface area contributed by atoms with E-state index in [4.69, 9.17) is 11.6 Å². The maximum Gasteiger partial charge on any atom is 0.138 e. The maximum atomic E-state index is 5.94. The molecule has 56 valence electrons. The van der Waals surface area contributed by atoms with E-state index in [2.05, 4.69) is 9.97 Å². The number of aromatic nitrogens is 2. The number of aryl methyl sites for hydroxylation is 1. The van der Waals surface area contributed by atoms with Gasteiger partial charge < -0.3 is 4.98 Å². The molecule has 0 unspecified atom stereocenters. The van der Waals surface area contributed by atoms with Crippen LogP contribution in [0.5, 0.6) is 0 Å². The summed E-state index contributed by atoms with van der Waals surface area (Å²) in [5.41, 5.74) is 1.99. The van der Waals surface area contributed by atoms with Crippen molar-refractivity contribution in [2.75, 3.05) is 0 Å². The van der Waals surface area contributed by atoms with Gasteiger partial charge in [-0.25, -0.2) is 4.98 Å². The molecule has 2 nitrogen and oxygen atoms in total. The van der Waals surface area contributed by atoms with Crippen LogP contribution in [-0.2, 0) is 0 Å². The van der Waals surface area contributed by atoms with Gasteiger partial charge in [-0.3, -0.25) is 0 Å². The average Bonchev–Trinajstić information content (AvgIpc) is 2.34. The highest BCUT2D eigenvalue weighted by atomic mass is 35.5. The zero-order chi connectivity index (χ0) is 7.84. The van der Waals surface area contributed by atoms with E-state index >= 15 is 0 Å². The van der Waals surface area contributed by atoms with Crippen molar-refractivity contribution < 1.29 is 0 Å². The Bertz CT molecular complexity index is 392. The summed E-state index contributed by atoms with van der Waals surface area (Å²) < 4.78 is 0. The molecule has 0 saturated heterocycles. The van der Waals surface area contributed by atoms with E-state index in [0.717, 1.165) is 21.6 Å². The molecule has 2 rings (SSSR count). The van der Waals surface area contributed by atoms with E-state index in [-0.39, 0.29) is 0 Å². The van der Waals surface area contributed by atoms with Gasteiger partial charge in [-0.15, -0.1) is 0 Å². The zero-order valence-electron chi connectivity index (χ0n) is 6.06. The Morgan fingerprint density at radius 3 is 3.09 bits per heavy atom. The fourth-order valence-electron chi connectivity index (χ4n) is 1.17. The molecule has 0 amide bonds. The summed E-state index contributed by atoms with van der Waals surface area (Å²) in [6, 6.07) is 1.80. The summed E-state index contributed by atoms with van der Waals surface area (Å²) in [6.45, 7) is 2.01. The maximum absolute atomic E-state index is 5.94. The molecule has 0 spiro atoms. The Balaban J connectivity index is 2.96. The van der Waals surface area contributed by atoms with Crippen LogP contribution in [0.4, 0.5) is 0 Å². The zero-order valence-corrected chi connectivity index (χ0v) is 6.81. The van der Waals surface area contributed by atoms with Crippen molar-refractivity contribution in [1.82, 2.24) is 9.97 Å². The first-order valence-corrected chi connectivity index (χ1v) is 3.75. The molecule has 0 radical (unpaired) electrons. The molecule has 11 heavy (non-hydrogen) atoms. The summed E-state index contributed by atoms with van der Waals surface area (Å²) in [5.74, 6) is 0. The summed E-state index contributed by atoms with van der Waals surface area (Å²) in [6.07, 6.45) is 3.60. The first-order valence-electron chi connectivity index (χ1n) is 3.37. The third-order valence-electron chi connectivity index (χ3n) is 1.72. The van der Waals surface area contributed by atoms with Gasteiger partial charge in [0.05, 0.1) is 5.02 Å². The number of nitrogens with zero attached hydrogens (tertiary/aromatic N) is 1. The number of fused-ring (bicyclic) bond motifs is 1. The highest BCUT2D eigenvalue weighted by molar-refractivity contribution is 6.35. The summed E-state index contributed by atoms with van der Waals surface area (Å²) in [7, 11) is 0. The van der Waals surface area contributed by atoms with E-state index in [9.17, 15) is 0 Å². The summed E-state index contributed by atoms with van der Waals surface area (Å²) in [5, 5.41) is 1.78. The Hall–Kier alpha value is -1.02. The van der Waals surface area contributed by atoms with Crippen molar-refractivity contribution in [1.29, 1.82) is 0 Å². The Morgan fingerprint density at radius 2 is 2.36 bits per heavy atom. The molecule has 0 aromatic carbocycles. The second kappa shape index (κ2) is 2.24. The van der Waals surface area contributed by atoms with Crippen LogP contribution < -0.4 is 0 Å². The number of halogens is 1. The van der Waals surface area contributed by atoms with Crippen molar-refractivity contribution in [3.05, 3.63) is 29.0 Å². The quantitative estimate of drug-likeness (QED) is 0.640. The van der Waals surface area contributed by atoms with Crippen molar-refractivity contribution in [3.8, 4) is 0 Å². The minimum absolute atomic E-state index is 0.758. The SMILES string of the molecule is Cc1c[nH]c2nccc(Cl)c12. The predicted octanol–water partition coefficient (Wildman–Crippen LogP) is 2.52. The molecule has 1 N–H and O–H groups in total. The van der Waals surface area contributed by atoms with Crippen molar-refractivity contribution >= 4 is 22.6 Å². The van der Waals surface area contributed by atoms with Crippen LogP contribution in [0, 0.1) is 6.92 Å². The fourth-order valence-corrected chi connectivity index (χ4v) is 1.47. The van der Waals surface area contributed by atoms with Gasteiger partial charge in [0.15, 0.2) is 0 Å². The van der Waals surface area contributed by atoms with Crippen molar-refractivity contribution in [2.45, 2.75) is 6.92 Å². The monoisotopic (exact) mass is 166 g/mol. The Labute approximate surface area is 69.2 Å². The van der Waals surface area contributed by atoms with Crippen LogP contribution in [0.1, 0.15) is 5.56 Å². The van der Waals surface area contributed by atoms with Crippen LogP contribution in [0.15, 0.2) is 18.5 Å². The third kappa shape index (κ3) is 0.906. The van der Waals surface area contributed by atoms with Crippen molar-refractivity contribution in [2.24, 2.45) is 0 Å². The molecule has 0 aliphatic rings. The topological polar surface area (TPSA) is 28.7 Å². The second-order valence-corrected chi connectivity index (χ2v) is 2.90. The van der Waals surface area contributed by atoms with Gasteiger partial charge in [-0.1, -0.05) is 11.6 Å². The largest absolute Gasteiger partial charge is 0.346 e. The number of pyridine rings is 1. The molecule has 3 heteroatoms. The summed E-state index contributed by atoms with van der Waals surface area (Å²) >= 11 is 5.94. The minimum atomic E-state index is 0.758. The molecule has 0 fully saturated rings. The molecule has 0 aliphatic heterocycles. The average molecular weight is 167 g/mol. The Kier molecular flexibility index (Phi) is 1.36. The lowest BCUT2D eigenvalue weighted by atomic mass is 10.2. The number of hydrogen-bond acceptors (Lipinski definition) is 1. The molecular formula is C8H7ClN2. The number of rotatable bonds is 0. The van der Waals surface area contributed by atoms with Gasteiger partial charge in [0.1, 0.15) is 5.65 Å². The second-order valence-electron chi connectivity index (χ2n) is 2.49.